The minimum Gasteiger partial charge on any atom is -0.497 e. The molecule has 0 bridgehead atoms. The number of aliphatic imine (C=N–C) groups is 2. The highest BCUT2D eigenvalue weighted by atomic mass is 35.5. The molecule has 2 aromatic carbocycles. The molecule has 2 aromatic rings. The summed E-state index contributed by atoms with van der Waals surface area (Å²) in [5.41, 5.74) is 1.48. The van der Waals surface area contributed by atoms with E-state index in [1.54, 1.807) is 13.2 Å². The SMILES string of the molecule is C=C(Cl)C(=NC(Cl)=NC)c1cc(F)c2c(c1)C(=O)N(CC(=O)N[C@H](C)c1cccc(OC)c1)C2. The highest BCUT2D eigenvalue weighted by Gasteiger charge is 2.32. The van der Waals surface area contributed by atoms with E-state index in [-0.39, 0.29) is 57.8 Å². The number of halogens is 3. The zero-order valence-corrected chi connectivity index (χ0v) is 20.4. The van der Waals surface area contributed by atoms with E-state index in [1.807, 2.05) is 25.1 Å². The van der Waals surface area contributed by atoms with E-state index in [9.17, 15) is 14.0 Å². The van der Waals surface area contributed by atoms with Crippen molar-refractivity contribution < 1.29 is 18.7 Å². The summed E-state index contributed by atoms with van der Waals surface area (Å²) in [6, 6.07) is 9.66. The third-order valence-electron chi connectivity index (χ3n) is 5.29. The molecule has 2 amide bonds. The second kappa shape index (κ2) is 10.8. The Morgan fingerprint density at radius 3 is 2.71 bits per heavy atom. The van der Waals surface area contributed by atoms with E-state index < -0.39 is 11.7 Å². The topological polar surface area (TPSA) is 83.4 Å². The molecule has 1 aliphatic rings. The second-order valence-electron chi connectivity index (χ2n) is 7.57. The molecule has 1 N–H and O–H groups in total. The Bertz CT molecular complexity index is 1210. The van der Waals surface area contributed by atoms with E-state index in [4.69, 9.17) is 27.9 Å². The van der Waals surface area contributed by atoms with Gasteiger partial charge in [0, 0.05) is 23.7 Å². The van der Waals surface area contributed by atoms with Crippen LogP contribution in [-0.4, -0.2) is 48.4 Å². The molecule has 1 aliphatic heterocycles. The fourth-order valence-electron chi connectivity index (χ4n) is 3.56. The summed E-state index contributed by atoms with van der Waals surface area (Å²) in [5.74, 6) is -0.804. The fourth-order valence-corrected chi connectivity index (χ4v) is 3.80. The number of fused-ring (bicyclic) bond motifs is 1. The number of hydrogen-bond donors (Lipinski definition) is 1. The summed E-state index contributed by atoms with van der Waals surface area (Å²) in [4.78, 5) is 34.6. The number of nitrogens with zero attached hydrogens (tertiary/aromatic N) is 3. The average molecular weight is 505 g/mol. The Labute approximate surface area is 206 Å². The molecule has 34 heavy (non-hydrogen) atoms. The van der Waals surface area contributed by atoms with E-state index in [1.165, 1.54) is 24.1 Å². The predicted octanol–water partition coefficient (Wildman–Crippen LogP) is 4.43. The number of ether oxygens (including phenoxy) is 1. The van der Waals surface area contributed by atoms with Crippen molar-refractivity contribution in [1.82, 2.24) is 10.2 Å². The van der Waals surface area contributed by atoms with Crippen LogP contribution in [0.15, 0.2) is 58.0 Å². The van der Waals surface area contributed by atoms with Crippen LogP contribution in [0.5, 0.6) is 5.75 Å². The maximum Gasteiger partial charge on any atom is 0.255 e. The van der Waals surface area contributed by atoms with Gasteiger partial charge in [-0.1, -0.05) is 30.3 Å². The van der Waals surface area contributed by atoms with Crippen molar-refractivity contribution >= 4 is 46.0 Å². The molecule has 0 saturated carbocycles. The molecule has 0 spiro atoms. The number of amidine groups is 1. The van der Waals surface area contributed by atoms with E-state index in [2.05, 4.69) is 21.9 Å². The molecular formula is C24H23Cl2FN4O3. The highest BCUT2D eigenvalue weighted by Crippen LogP contribution is 2.28. The predicted molar refractivity (Wildman–Crippen MR) is 131 cm³/mol. The van der Waals surface area contributed by atoms with Crippen molar-refractivity contribution in [3.8, 4) is 5.75 Å². The lowest BCUT2D eigenvalue weighted by atomic mass is 10.0. The van der Waals surface area contributed by atoms with Crippen molar-refractivity contribution in [1.29, 1.82) is 0 Å². The summed E-state index contributed by atoms with van der Waals surface area (Å²) in [6.45, 7) is 5.18. The third kappa shape index (κ3) is 5.63. The number of methoxy groups -OCH3 is 1. The van der Waals surface area contributed by atoms with Crippen LogP contribution in [0, 0.1) is 5.82 Å². The minimum absolute atomic E-state index is 0.00867. The molecule has 0 radical (unpaired) electrons. The molecule has 0 saturated heterocycles. The number of nitrogens with one attached hydrogen (secondary N) is 1. The van der Waals surface area contributed by atoms with Gasteiger partial charge in [0.1, 0.15) is 18.1 Å². The van der Waals surface area contributed by atoms with Gasteiger partial charge in [-0.15, -0.1) is 0 Å². The monoisotopic (exact) mass is 504 g/mol. The zero-order chi connectivity index (χ0) is 25.0. The molecule has 10 heteroatoms. The van der Waals surface area contributed by atoms with Gasteiger partial charge in [-0.3, -0.25) is 14.6 Å². The second-order valence-corrected chi connectivity index (χ2v) is 8.36. The number of benzene rings is 2. The van der Waals surface area contributed by atoms with Crippen LogP contribution < -0.4 is 10.1 Å². The fraction of sp³-hybridized carbons (Fsp3) is 0.250. The number of amides is 2. The molecule has 3 rings (SSSR count). The van der Waals surface area contributed by atoms with Crippen LogP contribution in [0.4, 0.5) is 4.39 Å². The molecule has 0 unspecified atom stereocenters. The molecule has 0 aliphatic carbocycles. The Hall–Kier alpha value is -3.23. The number of rotatable bonds is 7. The molecule has 0 fully saturated rings. The van der Waals surface area contributed by atoms with Crippen molar-refractivity contribution in [2.45, 2.75) is 19.5 Å². The van der Waals surface area contributed by atoms with Gasteiger partial charge in [-0.25, -0.2) is 9.38 Å². The summed E-state index contributed by atoms with van der Waals surface area (Å²) < 4.78 is 20.1. The summed E-state index contributed by atoms with van der Waals surface area (Å²) in [7, 11) is 3.00. The Morgan fingerprint density at radius 1 is 1.32 bits per heavy atom. The zero-order valence-electron chi connectivity index (χ0n) is 18.9. The van der Waals surface area contributed by atoms with Crippen LogP contribution in [0.25, 0.3) is 0 Å². The third-order valence-corrected chi connectivity index (χ3v) is 5.72. The first-order valence-corrected chi connectivity index (χ1v) is 11.0. The Kier molecular flexibility index (Phi) is 8.06. The van der Waals surface area contributed by atoms with Gasteiger partial charge in [0.05, 0.1) is 30.4 Å². The van der Waals surface area contributed by atoms with Crippen LogP contribution in [0.3, 0.4) is 0 Å². The van der Waals surface area contributed by atoms with E-state index in [0.29, 0.717) is 5.75 Å². The lowest BCUT2D eigenvalue weighted by molar-refractivity contribution is -0.122. The molecule has 0 aromatic heterocycles. The first-order chi connectivity index (χ1) is 16.1. The summed E-state index contributed by atoms with van der Waals surface area (Å²) >= 11 is 11.9. The standard InChI is InChI=1S/C24H23Cl2FN4O3/c1-13(25)22(30-24(26)28-3)16-9-18-19(20(27)10-16)11-31(23(18)33)12-21(32)29-14(2)15-6-5-7-17(8-15)34-4/h5-10,14H,1,11-12H2,2-4H3,(H,29,32)/t14-/m1/s1. The Morgan fingerprint density at radius 2 is 2.06 bits per heavy atom. The van der Waals surface area contributed by atoms with Crippen LogP contribution >= 0.6 is 23.2 Å². The van der Waals surface area contributed by atoms with Gasteiger partial charge in [-0.05, 0) is 48.4 Å². The van der Waals surface area contributed by atoms with Crippen LogP contribution in [-0.2, 0) is 11.3 Å². The number of allylic oxidation sites excluding steroid dienone is 1. The van der Waals surface area contributed by atoms with Gasteiger partial charge >= 0.3 is 0 Å². The maximum absolute atomic E-state index is 14.9. The van der Waals surface area contributed by atoms with Gasteiger partial charge < -0.3 is 15.0 Å². The smallest absolute Gasteiger partial charge is 0.255 e. The molecule has 1 atom stereocenters. The van der Waals surface area contributed by atoms with Gasteiger partial charge in [0.25, 0.3) is 5.91 Å². The lowest BCUT2D eigenvalue weighted by Gasteiger charge is -2.19. The number of hydrogen-bond acceptors (Lipinski definition) is 4. The lowest BCUT2D eigenvalue weighted by Crippen LogP contribution is -2.38. The quantitative estimate of drug-likeness (QED) is 0.343. The highest BCUT2D eigenvalue weighted by molar-refractivity contribution is 6.66. The normalized spacial score (nSPS) is 14.6. The van der Waals surface area contributed by atoms with E-state index >= 15 is 0 Å². The maximum atomic E-state index is 14.9. The Balaban J connectivity index is 1.77. The number of carbonyl (C=O) groups excluding carboxylic acids is 2. The molecule has 178 valence electrons. The molecular weight excluding hydrogens is 482 g/mol. The summed E-state index contributed by atoms with van der Waals surface area (Å²) in [5, 5.41) is 2.76. The first-order valence-electron chi connectivity index (χ1n) is 10.3. The largest absolute Gasteiger partial charge is 0.497 e. The summed E-state index contributed by atoms with van der Waals surface area (Å²) in [6.07, 6.45) is 0. The molecule has 7 nitrogen and oxygen atoms in total. The van der Waals surface area contributed by atoms with E-state index in [0.717, 1.165) is 5.56 Å². The molecule has 1 heterocycles. The first kappa shape index (κ1) is 25.4. The van der Waals surface area contributed by atoms with Gasteiger partial charge in [0.2, 0.25) is 11.2 Å². The van der Waals surface area contributed by atoms with Crippen molar-refractivity contribution in [3.05, 3.63) is 76.1 Å². The van der Waals surface area contributed by atoms with Gasteiger partial charge in [-0.2, -0.15) is 0 Å². The van der Waals surface area contributed by atoms with Crippen molar-refractivity contribution in [2.75, 3.05) is 20.7 Å². The average Bonchev–Trinajstić information content (AvgIpc) is 3.12. The van der Waals surface area contributed by atoms with Crippen LogP contribution in [0.1, 0.15) is 40.0 Å². The minimum atomic E-state index is -0.622. The van der Waals surface area contributed by atoms with Crippen LogP contribution in [0.2, 0.25) is 0 Å². The van der Waals surface area contributed by atoms with Gasteiger partial charge in [0.15, 0.2) is 0 Å². The van der Waals surface area contributed by atoms with Crippen molar-refractivity contribution in [3.63, 3.8) is 0 Å². The van der Waals surface area contributed by atoms with Crippen molar-refractivity contribution in [2.24, 2.45) is 9.98 Å². The number of carbonyl (C=O) groups is 2.